The van der Waals surface area contributed by atoms with Crippen molar-refractivity contribution in [2.45, 2.75) is 11.4 Å². The van der Waals surface area contributed by atoms with Crippen LogP contribution in [0.2, 0.25) is 8.67 Å². The molecule has 2 rings (SSSR count). The van der Waals surface area contributed by atoms with Crippen molar-refractivity contribution in [3.05, 3.63) is 50.1 Å². The standard InChI is InChI=1S/C12H7BrCl2F2OS/c13-10(8-5-9(14)19-11(8)15)6-2-1-3-7(4-6)18-12(16)17/h1-5,10,12H. The number of ether oxygens (including phenoxy) is 1. The molecule has 0 N–H and O–H groups in total. The van der Waals surface area contributed by atoms with Crippen LogP contribution in [-0.2, 0) is 0 Å². The van der Waals surface area contributed by atoms with Crippen LogP contribution >= 0.6 is 50.5 Å². The fraction of sp³-hybridized carbons (Fsp3) is 0.167. The van der Waals surface area contributed by atoms with E-state index in [9.17, 15) is 8.78 Å². The fourth-order valence-corrected chi connectivity index (χ4v) is 4.02. The van der Waals surface area contributed by atoms with Crippen LogP contribution in [0, 0.1) is 0 Å². The molecule has 1 aromatic carbocycles. The number of hydrogen-bond donors (Lipinski definition) is 0. The second-order valence-electron chi connectivity index (χ2n) is 3.59. The predicted molar refractivity (Wildman–Crippen MR) is 78.2 cm³/mol. The summed E-state index contributed by atoms with van der Waals surface area (Å²) in [5, 5.41) is 0. The molecule has 0 radical (unpaired) electrons. The van der Waals surface area contributed by atoms with Crippen molar-refractivity contribution >= 4 is 50.5 Å². The van der Waals surface area contributed by atoms with Gasteiger partial charge in [-0.05, 0) is 23.8 Å². The van der Waals surface area contributed by atoms with Crippen molar-refractivity contribution < 1.29 is 13.5 Å². The summed E-state index contributed by atoms with van der Waals surface area (Å²) in [7, 11) is 0. The van der Waals surface area contributed by atoms with Crippen LogP contribution in [0.1, 0.15) is 16.0 Å². The van der Waals surface area contributed by atoms with Crippen molar-refractivity contribution in [3.63, 3.8) is 0 Å². The van der Waals surface area contributed by atoms with Gasteiger partial charge in [-0.2, -0.15) is 8.78 Å². The zero-order chi connectivity index (χ0) is 14.0. The van der Waals surface area contributed by atoms with Crippen LogP contribution < -0.4 is 4.74 Å². The summed E-state index contributed by atoms with van der Waals surface area (Å²) in [6, 6.07) is 8.18. The summed E-state index contributed by atoms with van der Waals surface area (Å²) < 4.78 is 29.8. The predicted octanol–water partition coefficient (Wildman–Crippen LogP) is 6.14. The highest BCUT2D eigenvalue weighted by Crippen LogP contribution is 2.42. The third-order valence-corrected chi connectivity index (χ3v) is 4.87. The van der Waals surface area contributed by atoms with Gasteiger partial charge in [-0.25, -0.2) is 0 Å². The Morgan fingerprint density at radius 1 is 1.21 bits per heavy atom. The molecule has 102 valence electrons. The van der Waals surface area contributed by atoms with E-state index in [1.54, 1.807) is 18.2 Å². The molecule has 0 aliphatic heterocycles. The van der Waals surface area contributed by atoms with E-state index in [0.717, 1.165) is 11.1 Å². The van der Waals surface area contributed by atoms with Crippen LogP contribution in [0.5, 0.6) is 5.75 Å². The Morgan fingerprint density at radius 3 is 2.53 bits per heavy atom. The molecule has 0 saturated heterocycles. The van der Waals surface area contributed by atoms with Gasteiger partial charge in [0.1, 0.15) is 5.75 Å². The lowest BCUT2D eigenvalue weighted by molar-refractivity contribution is -0.0498. The van der Waals surface area contributed by atoms with Gasteiger partial charge in [0.2, 0.25) is 0 Å². The Hall–Kier alpha value is -0.360. The maximum Gasteiger partial charge on any atom is 0.387 e. The maximum atomic E-state index is 12.2. The van der Waals surface area contributed by atoms with E-state index < -0.39 is 6.61 Å². The smallest absolute Gasteiger partial charge is 0.387 e. The van der Waals surface area contributed by atoms with E-state index in [1.807, 2.05) is 0 Å². The first-order chi connectivity index (χ1) is 8.97. The third-order valence-electron chi connectivity index (χ3n) is 2.33. The molecule has 7 heteroatoms. The monoisotopic (exact) mass is 386 g/mol. The van der Waals surface area contributed by atoms with Gasteiger partial charge in [-0.1, -0.05) is 51.3 Å². The number of alkyl halides is 3. The molecule has 1 aromatic heterocycles. The first-order valence-electron chi connectivity index (χ1n) is 5.11. The average molecular weight is 388 g/mol. The molecular weight excluding hydrogens is 381 g/mol. The lowest BCUT2D eigenvalue weighted by atomic mass is 10.1. The number of rotatable bonds is 4. The number of hydrogen-bond acceptors (Lipinski definition) is 2. The Labute approximate surface area is 131 Å². The highest BCUT2D eigenvalue weighted by atomic mass is 79.9. The minimum Gasteiger partial charge on any atom is -0.435 e. The zero-order valence-corrected chi connectivity index (χ0v) is 13.2. The minimum atomic E-state index is -2.84. The van der Waals surface area contributed by atoms with Gasteiger partial charge in [-0.3, -0.25) is 0 Å². The topological polar surface area (TPSA) is 9.23 Å². The molecule has 0 saturated carbocycles. The lowest BCUT2D eigenvalue weighted by Gasteiger charge is -2.11. The number of benzene rings is 1. The van der Waals surface area contributed by atoms with Gasteiger partial charge < -0.3 is 4.74 Å². The molecule has 1 unspecified atom stereocenters. The largest absolute Gasteiger partial charge is 0.435 e. The summed E-state index contributed by atoms with van der Waals surface area (Å²) in [4.78, 5) is -0.232. The summed E-state index contributed by atoms with van der Waals surface area (Å²) in [6.07, 6.45) is 0. The van der Waals surface area contributed by atoms with Gasteiger partial charge in [0.15, 0.2) is 0 Å². The van der Waals surface area contributed by atoms with Crippen LogP contribution in [0.3, 0.4) is 0 Å². The maximum absolute atomic E-state index is 12.2. The molecule has 1 heterocycles. The van der Waals surface area contributed by atoms with Crippen molar-refractivity contribution in [1.29, 1.82) is 0 Å². The highest BCUT2D eigenvalue weighted by molar-refractivity contribution is 9.09. The second kappa shape index (κ2) is 6.39. The van der Waals surface area contributed by atoms with Crippen LogP contribution in [0.15, 0.2) is 30.3 Å². The van der Waals surface area contributed by atoms with Crippen LogP contribution in [-0.4, -0.2) is 6.61 Å². The molecule has 0 aliphatic carbocycles. The summed E-state index contributed by atoms with van der Waals surface area (Å²) in [6.45, 7) is -2.84. The molecule has 0 fully saturated rings. The molecular formula is C12H7BrCl2F2OS. The van der Waals surface area contributed by atoms with Gasteiger partial charge in [0.25, 0.3) is 0 Å². The van der Waals surface area contributed by atoms with E-state index in [4.69, 9.17) is 23.2 Å². The Balaban J connectivity index is 2.28. The minimum absolute atomic E-state index is 0.106. The van der Waals surface area contributed by atoms with Gasteiger partial charge in [-0.15, -0.1) is 11.3 Å². The SMILES string of the molecule is FC(F)Oc1cccc(C(Br)c2cc(Cl)sc2Cl)c1. The molecule has 2 aromatic rings. The summed E-state index contributed by atoms with van der Waals surface area (Å²) in [5.74, 6) is 0.106. The fourth-order valence-electron chi connectivity index (χ4n) is 1.55. The zero-order valence-electron chi connectivity index (χ0n) is 9.25. The van der Waals surface area contributed by atoms with Crippen molar-refractivity contribution in [2.24, 2.45) is 0 Å². The van der Waals surface area contributed by atoms with Crippen molar-refractivity contribution in [3.8, 4) is 5.75 Å². The van der Waals surface area contributed by atoms with Gasteiger partial charge >= 0.3 is 6.61 Å². The Morgan fingerprint density at radius 2 is 1.95 bits per heavy atom. The normalized spacial score (nSPS) is 12.7. The highest BCUT2D eigenvalue weighted by Gasteiger charge is 2.17. The molecule has 0 amide bonds. The van der Waals surface area contributed by atoms with E-state index in [2.05, 4.69) is 20.7 Å². The average Bonchev–Trinajstić information content (AvgIpc) is 2.67. The van der Waals surface area contributed by atoms with E-state index in [-0.39, 0.29) is 10.6 Å². The molecule has 1 nitrogen and oxygen atoms in total. The van der Waals surface area contributed by atoms with Gasteiger partial charge in [0.05, 0.1) is 13.5 Å². The molecule has 19 heavy (non-hydrogen) atoms. The first kappa shape index (κ1) is 15.0. The Bertz CT molecular complexity index is 577. The first-order valence-corrected chi connectivity index (χ1v) is 7.59. The quantitative estimate of drug-likeness (QED) is 0.572. The van der Waals surface area contributed by atoms with Crippen LogP contribution in [0.4, 0.5) is 8.78 Å². The van der Waals surface area contributed by atoms with Crippen molar-refractivity contribution in [2.75, 3.05) is 0 Å². The molecule has 0 bridgehead atoms. The van der Waals surface area contributed by atoms with Gasteiger partial charge in [0, 0.05) is 5.56 Å². The van der Waals surface area contributed by atoms with E-state index >= 15 is 0 Å². The van der Waals surface area contributed by atoms with E-state index in [1.165, 1.54) is 23.5 Å². The third kappa shape index (κ3) is 3.81. The molecule has 0 spiro atoms. The van der Waals surface area contributed by atoms with E-state index in [0.29, 0.717) is 8.67 Å². The van der Waals surface area contributed by atoms with Crippen molar-refractivity contribution in [1.82, 2.24) is 0 Å². The summed E-state index contributed by atoms with van der Waals surface area (Å²) >= 11 is 16.7. The Kier molecular flexibility index (Phi) is 5.06. The molecule has 0 aliphatic rings. The number of thiophene rings is 1. The summed E-state index contributed by atoms with van der Waals surface area (Å²) in [5.41, 5.74) is 1.56. The molecule has 1 atom stereocenters. The lowest BCUT2D eigenvalue weighted by Crippen LogP contribution is -2.02. The second-order valence-corrected chi connectivity index (χ2v) is 6.79. The number of halogens is 5. The van der Waals surface area contributed by atoms with Crippen LogP contribution in [0.25, 0.3) is 0 Å².